The molecule has 4 aromatic rings. The maximum atomic E-state index is 13.2. The van der Waals surface area contributed by atoms with Crippen LogP contribution in [0.1, 0.15) is 28.5 Å². The minimum Gasteiger partial charge on any atom is -0.507 e. The number of aryl methyl sites for hydroxylation is 2. The van der Waals surface area contributed by atoms with Gasteiger partial charge in [-0.2, -0.15) is 0 Å². The van der Waals surface area contributed by atoms with Crippen molar-refractivity contribution in [1.82, 2.24) is 5.16 Å². The third-order valence-electron chi connectivity index (χ3n) is 5.78. The van der Waals surface area contributed by atoms with Crippen molar-refractivity contribution in [3.05, 3.63) is 113 Å². The number of Topliss-reactive ketones (excluding diaryl/α,β-unsaturated/α-hetero) is 1. The molecule has 3 aromatic carbocycles. The summed E-state index contributed by atoms with van der Waals surface area (Å²) in [5, 5.41) is 15.2. The van der Waals surface area contributed by atoms with Crippen LogP contribution in [0.2, 0.25) is 0 Å². The van der Waals surface area contributed by atoms with Crippen LogP contribution in [0.5, 0.6) is 11.5 Å². The second kappa shape index (κ2) is 8.95. The number of rotatable bonds is 5. The summed E-state index contributed by atoms with van der Waals surface area (Å²) in [6.07, 6.45) is 0. The van der Waals surface area contributed by atoms with Crippen molar-refractivity contribution < 1.29 is 24.0 Å². The summed E-state index contributed by atoms with van der Waals surface area (Å²) in [6, 6.07) is 24.1. The largest absolute Gasteiger partial charge is 0.507 e. The van der Waals surface area contributed by atoms with E-state index in [-0.39, 0.29) is 17.2 Å². The summed E-state index contributed by atoms with van der Waals surface area (Å²) in [7, 11) is 0. The number of hydrogen-bond donors (Lipinski definition) is 1. The summed E-state index contributed by atoms with van der Waals surface area (Å²) in [5.41, 5.74) is 1.98. The second-order valence-electron chi connectivity index (χ2n) is 8.32. The molecule has 7 nitrogen and oxygen atoms in total. The van der Waals surface area contributed by atoms with E-state index in [2.05, 4.69) is 5.16 Å². The van der Waals surface area contributed by atoms with Crippen LogP contribution < -0.4 is 9.64 Å². The Morgan fingerprint density at radius 3 is 2.31 bits per heavy atom. The van der Waals surface area contributed by atoms with Crippen molar-refractivity contribution in [3.63, 3.8) is 0 Å². The lowest BCUT2D eigenvalue weighted by Gasteiger charge is -2.23. The molecule has 7 heteroatoms. The Bertz CT molecular complexity index is 1440. The molecule has 0 spiro atoms. The fourth-order valence-corrected chi connectivity index (χ4v) is 4.09. The third kappa shape index (κ3) is 4.19. The molecule has 2 heterocycles. The molecule has 1 saturated heterocycles. The first kappa shape index (κ1) is 22.2. The minimum absolute atomic E-state index is 0.0311. The zero-order valence-electron chi connectivity index (χ0n) is 19.1. The number of carbonyl (C=O) groups excluding carboxylic acids is 2. The Hall–Kier alpha value is -4.65. The molecular weight excluding hydrogens is 444 g/mol. The van der Waals surface area contributed by atoms with Crippen LogP contribution in [0.15, 0.2) is 95.0 Å². The predicted molar refractivity (Wildman–Crippen MR) is 130 cm³/mol. The lowest BCUT2D eigenvalue weighted by atomic mass is 9.95. The number of amides is 1. The van der Waals surface area contributed by atoms with Gasteiger partial charge in [-0.05, 0) is 43.7 Å². The maximum absolute atomic E-state index is 13.2. The van der Waals surface area contributed by atoms with E-state index < -0.39 is 17.7 Å². The SMILES string of the molecule is Cc1ccc(C(O)=C2C(=O)C(=O)N(c3cc(C)on3)[C@H]2c2cccc(Oc3ccccc3)c2)cc1. The highest BCUT2D eigenvalue weighted by molar-refractivity contribution is 6.51. The van der Waals surface area contributed by atoms with Crippen molar-refractivity contribution >= 4 is 23.3 Å². The monoisotopic (exact) mass is 466 g/mol. The number of nitrogens with zero attached hydrogens (tertiary/aromatic N) is 2. The van der Waals surface area contributed by atoms with Gasteiger partial charge >= 0.3 is 5.91 Å². The molecule has 1 N–H and O–H groups in total. The number of ketones is 1. The van der Waals surface area contributed by atoms with Crippen molar-refractivity contribution in [2.24, 2.45) is 0 Å². The van der Waals surface area contributed by atoms with Gasteiger partial charge in [0, 0.05) is 11.6 Å². The number of aromatic nitrogens is 1. The van der Waals surface area contributed by atoms with Gasteiger partial charge in [0.15, 0.2) is 5.82 Å². The Balaban J connectivity index is 1.65. The van der Waals surface area contributed by atoms with Gasteiger partial charge in [-0.15, -0.1) is 0 Å². The molecule has 1 amide bonds. The molecule has 1 aromatic heterocycles. The molecule has 174 valence electrons. The van der Waals surface area contributed by atoms with Crippen LogP contribution in [0.3, 0.4) is 0 Å². The summed E-state index contributed by atoms with van der Waals surface area (Å²) >= 11 is 0. The number of aliphatic hydroxyl groups is 1. The summed E-state index contributed by atoms with van der Waals surface area (Å²) in [5.74, 6) is -0.0244. The fraction of sp³-hybridized carbons (Fsp3) is 0.107. The van der Waals surface area contributed by atoms with Crippen molar-refractivity contribution in [3.8, 4) is 11.5 Å². The molecule has 0 bridgehead atoms. The summed E-state index contributed by atoms with van der Waals surface area (Å²) in [6.45, 7) is 3.62. The first-order valence-corrected chi connectivity index (χ1v) is 11.1. The average molecular weight is 466 g/mol. The van der Waals surface area contributed by atoms with Crippen LogP contribution in [0.4, 0.5) is 5.82 Å². The van der Waals surface area contributed by atoms with Crippen molar-refractivity contribution in [2.75, 3.05) is 4.90 Å². The van der Waals surface area contributed by atoms with Crippen LogP contribution >= 0.6 is 0 Å². The van der Waals surface area contributed by atoms with E-state index in [1.807, 2.05) is 49.4 Å². The van der Waals surface area contributed by atoms with Crippen LogP contribution in [0.25, 0.3) is 5.76 Å². The highest BCUT2D eigenvalue weighted by atomic mass is 16.5. The van der Waals surface area contributed by atoms with Crippen LogP contribution in [-0.4, -0.2) is 22.0 Å². The Kier molecular flexibility index (Phi) is 5.66. The van der Waals surface area contributed by atoms with E-state index in [1.54, 1.807) is 49.4 Å². The highest BCUT2D eigenvalue weighted by Gasteiger charge is 2.48. The topological polar surface area (TPSA) is 92.9 Å². The fourth-order valence-electron chi connectivity index (χ4n) is 4.09. The molecule has 0 radical (unpaired) electrons. The summed E-state index contributed by atoms with van der Waals surface area (Å²) in [4.78, 5) is 27.7. The van der Waals surface area contributed by atoms with Gasteiger partial charge in [0.1, 0.15) is 23.0 Å². The predicted octanol–water partition coefficient (Wildman–Crippen LogP) is 5.71. The lowest BCUT2D eigenvalue weighted by Crippen LogP contribution is -2.29. The first-order chi connectivity index (χ1) is 16.9. The molecule has 0 aliphatic carbocycles. The minimum atomic E-state index is -0.930. The average Bonchev–Trinajstić information content (AvgIpc) is 3.40. The Morgan fingerprint density at radius 1 is 0.914 bits per heavy atom. The quantitative estimate of drug-likeness (QED) is 0.230. The standard InChI is InChI=1S/C28H22N2O5/c1-17-11-13-19(14-12-17)26(31)24-25(30(28(33)27(24)32)23-15-18(2)35-29-23)20-7-6-10-22(16-20)34-21-8-4-3-5-9-21/h3-16,25,31H,1-2H3/t25-/m0/s1. The summed E-state index contributed by atoms with van der Waals surface area (Å²) < 4.78 is 11.2. The molecule has 1 atom stereocenters. The zero-order chi connectivity index (χ0) is 24.5. The molecule has 1 aliphatic heterocycles. The van der Waals surface area contributed by atoms with E-state index >= 15 is 0 Å². The van der Waals surface area contributed by atoms with Crippen LogP contribution in [0, 0.1) is 13.8 Å². The Morgan fingerprint density at radius 2 is 1.63 bits per heavy atom. The first-order valence-electron chi connectivity index (χ1n) is 11.1. The van der Waals surface area contributed by atoms with Gasteiger partial charge in [-0.25, -0.2) is 0 Å². The molecule has 0 unspecified atom stereocenters. The van der Waals surface area contributed by atoms with E-state index in [0.717, 1.165) is 5.56 Å². The number of benzene rings is 3. The highest BCUT2D eigenvalue weighted by Crippen LogP contribution is 2.42. The van der Waals surface area contributed by atoms with Crippen molar-refractivity contribution in [1.29, 1.82) is 0 Å². The van der Waals surface area contributed by atoms with E-state index in [0.29, 0.717) is 28.4 Å². The lowest BCUT2D eigenvalue weighted by molar-refractivity contribution is -0.132. The number of anilines is 1. The van der Waals surface area contributed by atoms with Gasteiger partial charge in [0.05, 0.1) is 11.6 Å². The smallest absolute Gasteiger partial charge is 0.301 e. The molecule has 5 rings (SSSR count). The molecule has 0 saturated carbocycles. The maximum Gasteiger partial charge on any atom is 0.301 e. The van der Waals surface area contributed by atoms with Gasteiger partial charge in [-0.3, -0.25) is 14.5 Å². The molecular formula is C28H22N2O5. The third-order valence-corrected chi connectivity index (χ3v) is 5.78. The molecule has 1 fully saturated rings. The van der Waals surface area contributed by atoms with Gasteiger partial charge in [0.2, 0.25) is 0 Å². The van der Waals surface area contributed by atoms with E-state index in [9.17, 15) is 14.7 Å². The normalized spacial score (nSPS) is 17.1. The zero-order valence-corrected chi connectivity index (χ0v) is 19.1. The number of para-hydroxylation sites is 1. The molecule has 1 aliphatic rings. The van der Waals surface area contributed by atoms with Gasteiger partial charge in [-0.1, -0.05) is 65.3 Å². The second-order valence-corrected chi connectivity index (χ2v) is 8.32. The number of ether oxygens (including phenoxy) is 1. The van der Waals surface area contributed by atoms with Gasteiger partial charge < -0.3 is 14.4 Å². The number of carbonyl (C=O) groups is 2. The van der Waals surface area contributed by atoms with Gasteiger partial charge in [0.25, 0.3) is 5.78 Å². The Labute approximate surface area is 201 Å². The van der Waals surface area contributed by atoms with Crippen molar-refractivity contribution in [2.45, 2.75) is 19.9 Å². The van der Waals surface area contributed by atoms with Crippen LogP contribution in [-0.2, 0) is 9.59 Å². The van der Waals surface area contributed by atoms with E-state index in [4.69, 9.17) is 9.26 Å². The molecule has 35 heavy (non-hydrogen) atoms. The van der Waals surface area contributed by atoms with E-state index in [1.165, 1.54) is 4.90 Å². The number of aliphatic hydroxyl groups excluding tert-OH is 1. The number of hydrogen-bond acceptors (Lipinski definition) is 6.